The number of nitrogens with zero attached hydrogens (tertiary/aromatic N) is 3. The third kappa shape index (κ3) is 4.82. The highest BCUT2D eigenvalue weighted by Crippen LogP contribution is 2.19. The number of benzene rings is 1. The van der Waals surface area contributed by atoms with Gasteiger partial charge in [0.2, 0.25) is 5.91 Å². The quantitative estimate of drug-likeness (QED) is 0.522. The van der Waals surface area contributed by atoms with E-state index in [1.165, 1.54) is 11.8 Å². The molecular formula is C19H22N4OS. The van der Waals surface area contributed by atoms with Crippen LogP contribution >= 0.6 is 11.8 Å². The van der Waals surface area contributed by atoms with Crippen LogP contribution in [-0.2, 0) is 11.3 Å². The van der Waals surface area contributed by atoms with Crippen LogP contribution in [0.5, 0.6) is 0 Å². The van der Waals surface area contributed by atoms with E-state index in [0.29, 0.717) is 12.3 Å². The number of pyridine rings is 1. The summed E-state index contributed by atoms with van der Waals surface area (Å²) in [6.45, 7) is 5.51. The summed E-state index contributed by atoms with van der Waals surface area (Å²) < 4.78 is 1.98. The molecule has 1 N–H and O–H groups in total. The van der Waals surface area contributed by atoms with E-state index in [2.05, 4.69) is 21.5 Å². The van der Waals surface area contributed by atoms with Crippen molar-refractivity contribution < 1.29 is 4.79 Å². The second-order valence-corrected chi connectivity index (χ2v) is 6.98. The Morgan fingerprint density at radius 2 is 2.04 bits per heavy atom. The molecule has 2 aromatic heterocycles. The topological polar surface area (TPSA) is 59.8 Å². The summed E-state index contributed by atoms with van der Waals surface area (Å²) in [7, 11) is 0. The van der Waals surface area contributed by atoms with Crippen molar-refractivity contribution in [1.29, 1.82) is 0 Å². The Balaban J connectivity index is 1.40. The van der Waals surface area contributed by atoms with Crippen LogP contribution in [0.2, 0.25) is 0 Å². The van der Waals surface area contributed by atoms with Gasteiger partial charge >= 0.3 is 0 Å². The first-order chi connectivity index (χ1) is 12.1. The maximum absolute atomic E-state index is 12.0. The second-order valence-electron chi connectivity index (χ2n) is 5.98. The number of fused-ring (bicyclic) bond motifs is 1. The van der Waals surface area contributed by atoms with Crippen LogP contribution in [-0.4, -0.2) is 33.0 Å². The molecule has 1 amide bonds. The van der Waals surface area contributed by atoms with Crippen molar-refractivity contribution >= 4 is 28.6 Å². The van der Waals surface area contributed by atoms with Crippen molar-refractivity contribution in [3.63, 3.8) is 0 Å². The Morgan fingerprint density at radius 3 is 2.84 bits per heavy atom. The summed E-state index contributed by atoms with van der Waals surface area (Å²) >= 11 is 1.46. The van der Waals surface area contributed by atoms with Crippen molar-refractivity contribution in [2.45, 2.75) is 31.8 Å². The first-order valence-corrected chi connectivity index (χ1v) is 9.37. The molecule has 3 aromatic rings. The number of hydrogen-bond acceptors (Lipinski definition) is 4. The lowest BCUT2D eigenvalue weighted by atomic mass is 10.2. The molecule has 0 bridgehead atoms. The highest BCUT2D eigenvalue weighted by molar-refractivity contribution is 7.99. The van der Waals surface area contributed by atoms with Gasteiger partial charge in [-0.25, -0.2) is 4.98 Å². The molecule has 0 radical (unpaired) electrons. The molecule has 25 heavy (non-hydrogen) atoms. The maximum Gasteiger partial charge on any atom is 0.230 e. The standard InChI is InChI=1S/C19H22N4OS/c1-14-12-15(2)23(22-14)11-5-10-20-18(24)13-25-19-9-8-16-6-3-4-7-17(16)21-19/h3-4,6-9,12H,5,10-11,13H2,1-2H3,(H,20,24). The molecule has 0 saturated carbocycles. The van der Waals surface area contributed by atoms with Gasteiger partial charge in [-0.3, -0.25) is 9.48 Å². The minimum absolute atomic E-state index is 0.0355. The predicted octanol–water partition coefficient (Wildman–Crippen LogP) is 3.35. The summed E-state index contributed by atoms with van der Waals surface area (Å²) in [5.41, 5.74) is 3.14. The highest BCUT2D eigenvalue weighted by atomic mass is 32.2. The number of carbonyl (C=O) groups excluding carboxylic acids is 1. The minimum Gasteiger partial charge on any atom is -0.355 e. The van der Waals surface area contributed by atoms with Crippen LogP contribution < -0.4 is 5.32 Å². The summed E-state index contributed by atoms with van der Waals surface area (Å²) in [6, 6.07) is 14.0. The van der Waals surface area contributed by atoms with Gasteiger partial charge in [0.15, 0.2) is 0 Å². The van der Waals surface area contributed by atoms with Crippen molar-refractivity contribution in [2.75, 3.05) is 12.3 Å². The maximum atomic E-state index is 12.0. The molecule has 0 fully saturated rings. The number of rotatable bonds is 7. The summed E-state index contributed by atoms with van der Waals surface area (Å²) in [4.78, 5) is 16.5. The van der Waals surface area contributed by atoms with Crippen LogP contribution in [0.1, 0.15) is 17.8 Å². The lowest BCUT2D eigenvalue weighted by Gasteiger charge is -2.07. The van der Waals surface area contributed by atoms with Crippen LogP contribution in [0.3, 0.4) is 0 Å². The zero-order valence-corrected chi connectivity index (χ0v) is 15.3. The molecule has 0 aliphatic carbocycles. The van der Waals surface area contributed by atoms with Gasteiger partial charge in [-0.05, 0) is 38.5 Å². The normalized spacial score (nSPS) is 11.0. The monoisotopic (exact) mass is 354 g/mol. The Bertz CT molecular complexity index is 875. The SMILES string of the molecule is Cc1cc(C)n(CCCNC(=O)CSc2ccc3ccccc3n2)n1. The van der Waals surface area contributed by atoms with Crippen LogP contribution in [0, 0.1) is 13.8 Å². The van der Waals surface area contributed by atoms with Crippen LogP contribution in [0.4, 0.5) is 0 Å². The molecule has 3 rings (SSSR count). The van der Waals surface area contributed by atoms with Crippen LogP contribution in [0.25, 0.3) is 10.9 Å². The third-order valence-electron chi connectivity index (χ3n) is 3.90. The average molecular weight is 354 g/mol. The molecule has 130 valence electrons. The Morgan fingerprint density at radius 1 is 1.20 bits per heavy atom. The molecule has 0 aliphatic rings. The highest BCUT2D eigenvalue weighted by Gasteiger charge is 2.05. The summed E-state index contributed by atoms with van der Waals surface area (Å²) in [5, 5.41) is 9.36. The van der Waals surface area contributed by atoms with Gasteiger partial charge in [0.1, 0.15) is 0 Å². The number of aryl methyl sites for hydroxylation is 3. The molecule has 0 spiro atoms. The lowest BCUT2D eigenvalue weighted by Crippen LogP contribution is -2.27. The van der Waals surface area contributed by atoms with Gasteiger partial charge < -0.3 is 5.32 Å². The number of nitrogens with one attached hydrogen (secondary N) is 1. The van der Waals surface area contributed by atoms with E-state index in [0.717, 1.165) is 40.3 Å². The second kappa shape index (κ2) is 8.16. The number of amides is 1. The molecular weight excluding hydrogens is 332 g/mol. The molecule has 0 atom stereocenters. The fourth-order valence-electron chi connectivity index (χ4n) is 2.68. The Labute approximate surface area is 151 Å². The van der Waals surface area contributed by atoms with Gasteiger partial charge in [-0.15, -0.1) is 0 Å². The van der Waals surface area contributed by atoms with E-state index in [-0.39, 0.29) is 5.91 Å². The van der Waals surface area contributed by atoms with E-state index in [9.17, 15) is 4.79 Å². The fraction of sp³-hybridized carbons (Fsp3) is 0.316. The zero-order chi connectivity index (χ0) is 17.6. The van der Waals surface area contributed by atoms with E-state index in [4.69, 9.17) is 0 Å². The third-order valence-corrected chi connectivity index (χ3v) is 4.83. The Kier molecular flexibility index (Phi) is 5.71. The molecule has 0 aliphatic heterocycles. The molecule has 2 heterocycles. The summed E-state index contributed by atoms with van der Waals surface area (Å²) in [6.07, 6.45) is 0.868. The minimum atomic E-state index is 0.0355. The van der Waals surface area contributed by atoms with Crippen molar-refractivity contribution in [3.05, 3.63) is 53.9 Å². The zero-order valence-electron chi connectivity index (χ0n) is 14.5. The number of aromatic nitrogens is 3. The molecule has 5 nitrogen and oxygen atoms in total. The van der Waals surface area contributed by atoms with Crippen molar-refractivity contribution in [2.24, 2.45) is 0 Å². The Hall–Kier alpha value is -2.34. The lowest BCUT2D eigenvalue weighted by molar-refractivity contribution is -0.118. The van der Waals surface area contributed by atoms with E-state index >= 15 is 0 Å². The molecule has 0 unspecified atom stereocenters. The van der Waals surface area contributed by atoms with Crippen LogP contribution in [0.15, 0.2) is 47.5 Å². The first-order valence-electron chi connectivity index (χ1n) is 8.38. The van der Waals surface area contributed by atoms with Gasteiger partial charge in [0, 0.05) is 24.2 Å². The molecule has 1 aromatic carbocycles. The van der Waals surface area contributed by atoms with E-state index < -0.39 is 0 Å². The van der Waals surface area contributed by atoms with Crippen molar-refractivity contribution in [1.82, 2.24) is 20.1 Å². The van der Waals surface area contributed by atoms with Crippen molar-refractivity contribution in [3.8, 4) is 0 Å². The van der Waals surface area contributed by atoms with Gasteiger partial charge in [-0.1, -0.05) is 36.0 Å². The van der Waals surface area contributed by atoms with E-state index in [1.807, 2.05) is 54.9 Å². The number of carbonyl (C=O) groups is 1. The largest absolute Gasteiger partial charge is 0.355 e. The first kappa shape index (κ1) is 17.5. The fourth-order valence-corrected chi connectivity index (χ4v) is 3.38. The number of para-hydroxylation sites is 1. The number of thioether (sulfide) groups is 1. The smallest absolute Gasteiger partial charge is 0.230 e. The van der Waals surface area contributed by atoms with Gasteiger partial charge in [0.05, 0.1) is 22.0 Å². The van der Waals surface area contributed by atoms with E-state index in [1.54, 1.807) is 0 Å². The predicted molar refractivity (Wildman–Crippen MR) is 102 cm³/mol. The average Bonchev–Trinajstić information content (AvgIpc) is 2.94. The molecule has 6 heteroatoms. The van der Waals surface area contributed by atoms with Gasteiger partial charge in [-0.2, -0.15) is 5.10 Å². The van der Waals surface area contributed by atoms with Gasteiger partial charge in [0.25, 0.3) is 0 Å². The number of hydrogen-bond donors (Lipinski definition) is 1. The summed E-state index contributed by atoms with van der Waals surface area (Å²) in [5.74, 6) is 0.416. The molecule has 0 saturated heterocycles.